The SMILES string of the molecule is C=C(CC(C)C)C(=O)N1CCC(c2ccc(C(N)=O)c(-c3ccc(Oc4ccccc4)cc3)n2)CC1. The van der Waals surface area contributed by atoms with E-state index in [1.807, 2.05) is 65.6 Å². The first-order chi connectivity index (χ1) is 17.3. The Kier molecular flexibility index (Phi) is 7.84. The van der Waals surface area contributed by atoms with Crippen LogP contribution in [0.5, 0.6) is 11.5 Å². The lowest BCUT2D eigenvalue weighted by Crippen LogP contribution is -2.38. The van der Waals surface area contributed by atoms with Gasteiger partial charge in [0.05, 0.1) is 11.3 Å². The number of carbonyl (C=O) groups excluding carboxylic acids is 2. The monoisotopic (exact) mass is 483 g/mol. The van der Waals surface area contributed by atoms with Crippen LogP contribution < -0.4 is 10.5 Å². The largest absolute Gasteiger partial charge is 0.457 e. The molecule has 0 saturated carbocycles. The van der Waals surface area contributed by atoms with Crippen LogP contribution >= 0.6 is 0 Å². The lowest BCUT2D eigenvalue weighted by atomic mass is 9.91. The number of nitrogens with two attached hydrogens (primary N) is 1. The number of primary amides is 1. The Morgan fingerprint density at radius 3 is 2.25 bits per heavy atom. The maximum absolute atomic E-state index is 12.7. The predicted molar refractivity (Wildman–Crippen MR) is 142 cm³/mol. The van der Waals surface area contributed by atoms with Crippen molar-refractivity contribution in [1.29, 1.82) is 0 Å². The minimum atomic E-state index is -0.516. The third-order valence-electron chi connectivity index (χ3n) is 6.45. The summed E-state index contributed by atoms with van der Waals surface area (Å²) in [6.45, 7) is 9.51. The number of hydrogen-bond donors (Lipinski definition) is 1. The third-order valence-corrected chi connectivity index (χ3v) is 6.45. The van der Waals surface area contributed by atoms with Crippen molar-refractivity contribution in [3.63, 3.8) is 0 Å². The van der Waals surface area contributed by atoms with Gasteiger partial charge in [-0.15, -0.1) is 0 Å². The molecule has 36 heavy (non-hydrogen) atoms. The van der Waals surface area contributed by atoms with Gasteiger partial charge in [-0.1, -0.05) is 38.6 Å². The van der Waals surface area contributed by atoms with Gasteiger partial charge in [0, 0.05) is 35.8 Å². The topological polar surface area (TPSA) is 85.5 Å². The average Bonchev–Trinajstić information content (AvgIpc) is 2.88. The number of carbonyl (C=O) groups is 2. The summed E-state index contributed by atoms with van der Waals surface area (Å²) in [7, 11) is 0. The maximum Gasteiger partial charge on any atom is 0.250 e. The van der Waals surface area contributed by atoms with Crippen LogP contribution in [0.25, 0.3) is 11.3 Å². The quantitative estimate of drug-likeness (QED) is 0.401. The normalized spacial score (nSPS) is 14.0. The van der Waals surface area contributed by atoms with Crippen LogP contribution in [-0.4, -0.2) is 34.8 Å². The number of piperidine rings is 1. The Hall–Kier alpha value is -3.93. The van der Waals surface area contributed by atoms with Gasteiger partial charge in [-0.2, -0.15) is 0 Å². The van der Waals surface area contributed by atoms with Crippen molar-refractivity contribution in [2.75, 3.05) is 13.1 Å². The van der Waals surface area contributed by atoms with Crippen molar-refractivity contribution in [3.05, 3.63) is 90.1 Å². The Bertz CT molecular complexity index is 1230. The molecular weight excluding hydrogens is 450 g/mol. The molecule has 1 saturated heterocycles. The lowest BCUT2D eigenvalue weighted by Gasteiger charge is -2.32. The van der Waals surface area contributed by atoms with Gasteiger partial charge in [0.25, 0.3) is 5.91 Å². The summed E-state index contributed by atoms with van der Waals surface area (Å²) >= 11 is 0. The minimum absolute atomic E-state index is 0.0534. The number of ether oxygens (including phenoxy) is 1. The minimum Gasteiger partial charge on any atom is -0.457 e. The molecule has 0 radical (unpaired) electrons. The zero-order valence-electron chi connectivity index (χ0n) is 20.9. The highest BCUT2D eigenvalue weighted by Gasteiger charge is 2.27. The van der Waals surface area contributed by atoms with Crippen LogP contribution in [-0.2, 0) is 4.79 Å². The first-order valence-electron chi connectivity index (χ1n) is 12.4. The molecule has 0 unspecified atom stereocenters. The molecule has 6 heteroatoms. The van der Waals surface area contributed by atoms with Crippen LogP contribution in [0.1, 0.15) is 55.1 Å². The zero-order chi connectivity index (χ0) is 25.7. The molecule has 1 fully saturated rings. The van der Waals surface area contributed by atoms with Gasteiger partial charge >= 0.3 is 0 Å². The predicted octanol–water partition coefficient (Wildman–Crippen LogP) is 5.95. The van der Waals surface area contributed by atoms with Crippen molar-refractivity contribution in [3.8, 4) is 22.8 Å². The molecule has 0 atom stereocenters. The van der Waals surface area contributed by atoms with Crippen molar-refractivity contribution < 1.29 is 14.3 Å². The van der Waals surface area contributed by atoms with Crippen molar-refractivity contribution in [2.45, 2.75) is 39.0 Å². The highest BCUT2D eigenvalue weighted by atomic mass is 16.5. The second kappa shape index (κ2) is 11.2. The van der Waals surface area contributed by atoms with Crippen LogP contribution in [0.4, 0.5) is 0 Å². The van der Waals surface area contributed by atoms with E-state index in [2.05, 4.69) is 20.4 Å². The molecule has 2 heterocycles. The van der Waals surface area contributed by atoms with Gasteiger partial charge in [-0.3, -0.25) is 14.6 Å². The highest BCUT2D eigenvalue weighted by Crippen LogP contribution is 2.32. The van der Waals surface area contributed by atoms with E-state index in [1.165, 1.54) is 0 Å². The molecule has 2 amide bonds. The fourth-order valence-corrected chi connectivity index (χ4v) is 4.61. The third kappa shape index (κ3) is 6.00. The summed E-state index contributed by atoms with van der Waals surface area (Å²) < 4.78 is 5.88. The van der Waals surface area contributed by atoms with Crippen LogP contribution in [0.3, 0.4) is 0 Å². The Labute approximate surface area is 212 Å². The summed E-state index contributed by atoms with van der Waals surface area (Å²) in [5.74, 6) is 1.59. The van der Waals surface area contributed by atoms with E-state index in [0.717, 1.165) is 29.8 Å². The van der Waals surface area contributed by atoms with Crippen LogP contribution in [0.2, 0.25) is 0 Å². The number of rotatable bonds is 8. The van der Waals surface area contributed by atoms with Crippen LogP contribution in [0.15, 0.2) is 78.9 Å². The molecule has 0 bridgehead atoms. The van der Waals surface area contributed by atoms with Gasteiger partial charge in [0.2, 0.25) is 5.91 Å². The number of benzene rings is 2. The Balaban J connectivity index is 1.49. The van der Waals surface area contributed by atoms with E-state index in [-0.39, 0.29) is 11.8 Å². The van der Waals surface area contributed by atoms with Crippen molar-refractivity contribution >= 4 is 11.8 Å². The standard InChI is InChI=1S/C30H33N3O3/c1-20(2)19-21(3)30(35)33-17-15-22(16-18-33)27-14-13-26(29(31)34)28(32-27)23-9-11-25(12-10-23)36-24-7-5-4-6-8-24/h4-14,20,22H,3,15-19H2,1-2H3,(H2,31,34). The lowest BCUT2D eigenvalue weighted by molar-refractivity contribution is -0.128. The highest BCUT2D eigenvalue weighted by molar-refractivity contribution is 5.98. The Morgan fingerprint density at radius 2 is 1.64 bits per heavy atom. The number of para-hydroxylation sites is 1. The van der Waals surface area contributed by atoms with Gasteiger partial charge in [-0.25, -0.2) is 0 Å². The smallest absolute Gasteiger partial charge is 0.250 e. The van der Waals surface area contributed by atoms with Gasteiger partial charge in [0.15, 0.2) is 0 Å². The second-order valence-corrected chi connectivity index (χ2v) is 9.70. The Morgan fingerprint density at radius 1 is 1.00 bits per heavy atom. The number of nitrogens with zero attached hydrogens (tertiary/aromatic N) is 2. The van der Waals surface area contributed by atoms with Gasteiger partial charge in [-0.05, 0) is 73.7 Å². The molecule has 6 nitrogen and oxygen atoms in total. The molecule has 0 aliphatic carbocycles. The molecule has 186 valence electrons. The second-order valence-electron chi connectivity index (χ2n) is 9.70. The van der Waals surface area contributed by atoms with Crippen LogP contribution in [0, 0.1) is 5.92 Å². The van der Waals surface area contributed by atoms with Gasteiger partial charge < -0.3 is 15.4 Å². The van der Waals surface area contributed by atoms with E-state index in [0.29, 0.717) is 48.0 Å². The first kappa shape index (κ1) is 25.2. The first-order valence-corrected chi connectivity index (χ1v) is 12.4. The number of pyridine rings is 1. The summed E-state index contributed by atoms with van der Waals surface area (Å²) in [4.78, 5) is 31.7. The molecule has 1 aliphatic heterocycles. The maximum atomic E-state index is 12.7. The fourth-order valence-electron chi connectivity index (χ4n) is 4.61. The van der Waals surface area contributed by atoms with Gasteiger partial charge in [0.1, 0.15) is 11.5 Å². The molecule has 0 spiro atoms. The number of likely N-dealkylation sites (tertiary alicyclic amines) is 1. The average molecular weight is 484 g/mol. The summed E-state index contributed by atoms with van der Waals surface area (Å²) in [6.07, 6.45) is 2.34. The van der Waals surface area contributed by atoms with E-state index in [4.69, 9.17) is 15.5 Å². The van der Waals surface area contributed by atoms with E-state index in [1.54, 1.807) is 6.07 Å². The molecule has 2 N–H and O–H groups in total. The van der Waals surface area contributed by atoms with E-state index >= 15 is 0 Å². The van der Waals surface area contributed by atoms with Crippen molar-refractivity contribution in [1.82, 2.24) is 9.88 Å². The van der Waals surface area contributed by atoms with Crippen molar-refractivity contribution in [2.24, 2.45) is 11.7 Å². The molecule has 1 aliphatic rings. The molecule has 4 rings (SSSR count). The summed E-state index contributed by atoms with van der Waals surface area (Å²) in [6, 6.07) is 20.7. The fraction of sp³-hybridized carbons (Fsp3) is 0.300. The zero-order valence-corrected chi connectivity index (χ0v) is 20.9. The molecule has 3 aromatic rings. The number of aromatic nitrogens is 1. The van der Waals surface area contributed by atoms with E-state index < -0.39 is 5.91 Å². The summed E-state index contributed by atoms with van der Waals surface area (Å²) in [5, 5.41) is 0. The molecular formula is C30H33N3O3. The van der Waals surface area contributed by atoms with E-state index in [9.17, 15) is 9.59 Å². The number of hydrogen-bond acceptors (Lipinski definition) is 4. The molecule has 1 aromatic heterocycles. The molecule has 2 aromatic carbocycles. The number of amides is 2. The summed E-state index contributed by atoms with van der Waals surface area (Å²) in [5.41, 5.74) is 9.00.